The van der Waals surface area contributed by atoms with E-state index in [1.165, 1.54) is 0 Å². The smallest absolute Gasteiger partial charge is 0.251 e. The fraction of sp³-hybridized carbons (Fsp3) is 0.417. The largest absolute Gasteiger partial charge is 0.365 e. The number of ether oxygens (including phenoxy) is 1. The highest BCUT2D eigenvalue weighted by atomic mass is 16.5. The Morgan fingerprint density at radius 1 is 1.27 bits per heavy atom. The maximum Gasteiger partial charge on any atom is 0.251 e. The van der Waals surface area contributed by atoms with Crippen LogP contribution in [0.15, 0.2) is 38.0 Å². The monoisotopic (exact) mass is 209 g/mol. The summed E-state index contributed by atoms with van der Waals surface area (Å²) in [6, 6.07) is 0. The number of carbonyl (C=O) groups excluding carboxylic acids is 1. The summed E-state index contributed by atoms with van der Waals surface area (Å²) < 4.78 is 5.25. The van der Waals surface area contributed by atoms with Crippen molar-refractivity contribution in [3.8, 4) is 0 Å². The molecule has 0 saturated carbocycles. The SMILES string of the molecule is C=CCOC(C)C(=O)N(CC=C)CC=C. The van der Waals surface area contributed by atoms with E-state index in [9.17, 15) is 4.79 Å². The van der Waals surface area contributed by atoms with Crippen molar-refractivity contribution >= 4 is 5.91 Å². The molecule has 0 aliphatic rings. The lowest BCUT2D eigenvalue weighted by Crippen LogP contribution is -2.39. The van der Waals surface area contributed by atoms with E-state index in [-0.39, 0.29) is 5.91 Å². The average Bonchev–Trinajstić information content (AvgIpc) is 2.24. The first-order chi connectivity index (χ1) is 7.17. The third kappa shape index (κ3) is 5.18. The maximum absolute atomic E-state index is 11.8. The number of hydrogen-bond donors (Lipinski definition) is 0. The standard InChI is InChI=1S/C12H19NO2/c1-5-8-13(9-6-2)12(14)11(4)15-10-7-3/h5-7,11H,1-3,8-10H2,4H3. The van der Waals surface area contributed by atoms with Crippen molar-refractivity contribution < 1.29 is 9.53 Å². The summed E-state index contributed by atoms with van der Waals surface area (Å²) in [4.78, 5) is 13.4. The quantitative estimate of drug-likeness (QED) is 0.570. The van der Waals surface area contributed by atoms with E-state index < -0.39 is 6.10 Å². The second-order valence-corrected chi connectivity index (χ2v) is 3.08. The van der Waals surface area contributed by atoms with Crippen LogP contribution in [0.4, 0.5) is 0 Å². The highest BCUT2D eigenvalue weighted by Crippen LogP contribution is 2.00. The van der Waals surface area contributed by atoms with Crippen LogP contribution in [0.25, 0.3) is 0 Å². The molecule has 15 heavy (non-hydrogen) atoms. The molecule has 3 nitrogen and oxygen atoms in total. The molecule has 3 heteroatoms. The van der Waals surface area contributed by atoms with Crippen molar-refractivity contribution in [3.05, 3.63) is 38.0 Å². The first kappa shape index (κ1) is 13.7. The number of nitrogens with zero attached hydrogens (tertiary/aromatic N) is 1. The Kier molecular flexibility index (Phi) is 7.28. The van der Waals surface area contributed by atoms with Gasteiger partial charge in [-0.2, -0.15) is 0 Å². The second-order valence-electron chi connectivity index (χ2n) is 3.08. The van der Waals surface area contributed by atoms with Gasteiger partial charge in [0.1, 0.15) is 6.10 Å². The van der Waals surface area contributed by atoms with Gasteiger partial charge in [-0.1, -0.05) is 18.2 Å². The van der Waals surface area contributed by atoms with Crippen molar-refractivity contribution in [2.24, 2.45) is 0 Å². The average molecular weight is 209 g/mol. The minimum Gasteiger partial charge on any atom is -0.365 e. The molecule has 0 spiro atoms. The van der Waals surface area contributed by atoms with E-state index in [4.69, 9.17) is 4.74 Å². The van der Waals surface area contributed by atoms with Gasteiger partial charge in [-0.3, -0.25) is 4.79 Å². The number of hydrogen-bond acceptors (Lipinski definition) is 2. The molecule has 84 valence electrons. The molecule has 0 aromatic carbocycles. The van der Waals surface area contributed by atoms with Gasteiger partial charge in [-0.25, -0.2) is 0 Å². The zero-order valence-corrected chi connectivity index (χ0v) is 9.32. The maximum atomic E-state index is 11.8. The topological polar surface area (TPSA) is 29.5 Å². The molecule has 0 radical (unpaired) electrons. The molecule has 1 unspecified atom stereocenters. The minimum absolute atomic E-state index is 0.0587. The predicted octanol–water partition coefficient (Wildman–Crippen LogP) is 1.78. The third-order valence-corrected chi connectivity index (χ3v) is 1.82. The van der Waals surface area contributed by atoms with Crippen LogP contribution in [0.3, 0.4) is 0 Å². The van der Waals surface area contributed by atoms with Crippen LogP contribution in [0.5, 0.6) is 0 Å². The number of rotatable bonds is 8. The van der Waals surface area contributed by atoms with E-state index in [0.29, 0.717) is 19.7 Å². The molecule has 0 rings (SSSR count). The zero-order valence-electron chi connectivity index (χ0n) is 9.32. The highest BCUT2D eigenvalue weighted by Gasteiger charge is 2.18. The van der Waals surface area contributed by atoms with Crippen molar-refractivity contribution in [2.45, 2.75) is 13.0 Å². The van der Waals surface area contributed by atoms with Crippen LogP contribution >= 0.6 is 0 Å². The second kappa shape index (κ2) is 8.00. The lowest BCUT2D eigenvalue weighted by molar-refractivity contribution is -0.140. The van der Waals surface area contributed by atoms with Crippen molar-refractivity contribution in [3.63, 3.8) is 0 Å². The Balaban J connectivity index is 4.25. The van der Waals surface area contributed by atoms with Gasteiger partial charge >= 0.3 is 0 Å². The lowest BCUT2D eigenvalue weighted by Gasteiger charge is -2.23. The summed E-state index contributed by atoms with van der Waals surface area (Å²) in [5, 5.41) is 0. The van der Waals surface area contributed by atoms with Gasteiger partial charge in [0.05, 0.1) is 6.61 Å². The van der Waals surface area contributed by atoms with Crippen LogP contribution in [-0.2, 0) is 9.53 Å². The number of amides is 1. The van der Waals surface area contributed by atoms with Gasteiger partial charge in [0.2, 0.25) is 0 Å². The fourth-order valence-corrected chi connectivity index (χ4v) is 1.11. The summed E-state index contributed by atoms with van der Waals surface area (Å²) in [7, 11) is 0. The number of carbonyl (C=O) groups is 1. The van der Waals surface area contributed by atoms with Gasteiger partial charge in [0.15, 0.2) is 0 Å². The first-order valence-electron chi connectivity index (χ1n) is 4.90. The van der Waals surface area contributed by atoms with Gasteiger partial charge in [0.25, 0.3) is 5.91 Å². The van der Waals surface area contributed by atoms with Crippen LogP contribution in [-0.4, -0.2) is 36.6 Å². The Hall–Kier alpha value is -1.35. The van der Waals surface area contributed by atoms with Crippen LogP contribution in [0, 0.1) is 0 Å². The van der Waals surface area contributed by atoms with Gasteiger partial charge in [-0.15, -0.1) is 19.7 Å². The van der Waals surface area contributed by atoms with E-state index in [1.54, 1.807) is 30.1 Å². The molecule has 0 aromatic heterocycles. The van der Waals surface area contributed by atoms with E-state index in [0.717, 1.165) is 0 Å². The Morgan fingerprint density at radius 2 is 1.80 bits per heavy atom. The van der Waals surface area contributed by atoms with Crippen LogP contribution < -0.4 is 0 Å². The van der Waals surface area contributed by atoms with Crippen LogP contribution in [0.1, 0.15) is 6.92 Å². The summed E-state index contributed by atoms with van der Waals surface area (Å²) in [6.45, 7) is 13.8. The molecule has 0 aliphatic heterocycles. The molecular weight excluding hydrogens is 190 g/mol. The molecule has 0 bridgehead atoms. The first-order valence-corrected chi connectivity index (χ1v) is 4.90. The van der Waals surface area contributed by atoms with E-state index in [2.05, 4.69) is 19.7 Å². The summed E-state index contributed by atoms with van der Waals surface area (Å²) in [6.07, 6.45) is 4.53. The lowest BCUT2D eigenvalue weighted by atomic mass is 10.3. The predicted molar refractivity (Wildman–Crippen MR) is 62.6 cm³/mol. The summed E-state index contributed by atoms with van der Waals surface area (Å²) in [5.41, 5.74) is 0. The minimum atomic E-state index is -0.456. The third-order valence-electron chi connectivity index (χ3n) is 1.82. The van der Waals surface area contributed by atoms with E-state index >= 15 is 0 Å². The van der Waals surface area contributed by atoms with Crippen molar-refractivity contribution in [2.75, 3.05) is 19.7 Å². The molecule has 1 atom stereocenters. The fourth-order valence-electron chi connectivity index (χ4n) is 1.11. The Bertz CT molecular complexity index is 226. The molecule has 0 saturated heterocycles. The molecule has 1 amide bonds. The Morgan fingerprint density at radius 3 is 2.20 bits per heavy atom. The van der Waals surface area contributed by atoms with Crippen molar-refractivity contribution in [1.29, 1.82) is 0 Å². The molecule has 0 heterocycles. The van der Waals surface area contributed by atoms with Crippen LogP contribution in [0.2, 0.25) is 0 Å². The molecule has 0 aliphatic carbocycles. The van der Waals surface area contributed by atoms with Crippen molar-refractivity contribution in [1.82, 2.24) is 4.90 Å². The molecule has 0 aromatic rings. The summed E-state index contributed by atoms with van der Waals surface area (Å²) in [5.74, 6) is -0.0587. The van der Waals surface area contributed by atoms with Gasteiger partial charge in [-0.05, 0) is 6.92 Å². The summed E-state index contributed by atoms with van der Waals surface area (Å²) >= 11 is 0. The highest BCUT2D eigenvalue weighted by molar-refractivity contribution is 5.80. The van der Waals surface area contributed by atoms with Gasteiger partial charge in [0, 0.05) is 13.1 Å². The zero-order chi connectivity index (χ0) is 11.7. The molecule has 0 N–H and O–H groups in total. The van der Waals surface area contributed by atoms with Gasteiger partial charge < -0.3 is 9.64 Å². The van der Waals surface area contributed by atoms with E-state index in [1.807, 2.05) is 0 Å². The Labute approximate surface area is 91.7 Å². The molecule has 0 fully saturated rings. The molecular formula is C12H19NO2. The normalized spacial score (nSPS) is 11.5.